The highest BCUT2D eigenvalue weighted by molar-refractivity contribution is 5.87. The van der Waals surface area contributed by atoms with Gasteiger partial charge in [-0.25, -0.2) is 0 Å². The Kier molecular flexibility index (Phi) is 4.58. The van der Waals surface area contributed by atoms with E-state index in [9.17, 15) is 9.59 Å². The van der Waals surface area contributed by atoms with Crippen molar-refractivity contribution in [1.82, 2.24) is 15.1 Å². The van der Waals surface area contributed by atoms with Crippen LogP contribution < -0.4 is 5.32 Å². The number of morpholine rings is 1. The van der Waals surface area contributed by atoms with Crippen molar-refractivity contribution in [2.24, 2.45) is 5.41 Å². The normalized spacial score (nSPS) is 30.0. The molecule has 2 rings (SSSR count). The van der Waals surface area contributed by atoms with E-state index in [1.54, 1.807) is 14.0 Å². The number of ether oxygens (including phenoxy) is 1. The molecule has 0 aliphatic carbocycles. The molecule has 2 fully saturated rings. The van der Waals surface area contributed by atoms with Crippen LogP contribution in [-0.4, -0.2) is 74.1 Å². The number of nitrogens with zero attached hydrogens (tertiary/aromatic N) is 2. The minimum atomic E-state index is -0.940. The van der Waals surface area contributed by atoms with Gasteiger partial charge in [-0.15, -0.1) is 0 Å². The molecule has 6 heteroatoms. The maximum Gasteiger partial charge on any atom is 0.253 e. The minimum Gasteiger partial charge on any atom is -0.362 e. The lowest BCUT2D eigenvalue weighted by Crippen LogP contribution is -2.61. The number of amides is 2. The average Bonchev–Trinajstić information content (AvgIpc) is 2.48. The summed E-state index contributed by atoms with van der Waals surface area (Å²) in [5, 5.41) is 2.62. The fraction of sp³-hybridized carbons (Fsp3) is 0.867. The van der Waals surface area contributed by atoms with Crippen LogP contribution in [0.4, 0.5) is 0 Å². The third kappa shape index (κ3) is 3.21. The SMILES string of the molecule is CNC(=O)[C@]1(C)CN(C(=O)C2(C)CCN(C)CC2)CCO1. The van der Waals surface area contributed by atoms with Crippen LogP contribution in [0.3, 0.4) is 0 Å². The molecule has 0 bridgehead atoms. The molecule has 1 atom stereocenters. The van der Waals surface area contributed by atoms with Crippen LogP contribution in [0.25, 0.3) is 0 Å². The lowest BCUT2D eigenvalue weighted by atomic mass is 9.78. The lowest BCUT2D eigenvalue weighted by molar-refractivity contribution is -0.168. The molecule has 0 spiro atoms. The predicted molar refractivity (Wildman–Crippen MR) is 79.8 cm³/mol. The van der Waals surface area contributed by atoms with E-state index in [4.69, 9.17) is 4.74 Å². The summed E-state index contributed by atoms with van der Waals surface area (Å²) < 4.78 is 5.62. The van der Waals surface area contributed by atoms with Gasteiger partial charge in [0.1, 0.15) is 0 Å². The highest BCUT2D eigenvalue weighted by Crippen LogP contribution is 2.34. The summed E-state index contributed by atoms with van der Waals surface area (Å²) in [5.41, 5.74) is -1.25. The fourth-order valence-corrected chi connectivity index (χ4v) is 3.15. The zero-order chi connectivity index (χ0) is 15.7. The van der Waals surface area contributed by atoms with Crippen molar-refractivity contribution in [1.29, 1.82) is 0 Å². The molecule has 120 valence electrons. The van der Waals surface area contributed by atoms with Crippen LogP contribution in [0.2, 0.25) is 0 Å². The summed E-state index contributed by atoms with van der Waals surface area (Å²) in [4.78, 5) is 28.9. The zero-order valence-corrected chi connectivity index (χ0v) is 13.6. The van der Waals surface area contributed by atoms with E-state index < -0.39 is 5.60 Å². The van der Waals surface area contributed by atoms with Crippen molar-refractivity contribution in [2.45, 2.75) is 32.3 Å². The van der Waals surface area contributed by atoms with Gasteiger partial charge >= 0.3 is 0 Å². The number of likely N-dealkylation sites (tertiary alicyclic amines) is 1. The number of carbonyl (C=O) groups is 2. The van der Waals surface area contributed by atoms with Crippen LogP contribution >= 0.6 is 0 Å². The summed E-state index contributed by atoms with van der Waals surface area (Å²) in [5.74, 6) is -0.0115. The molecular weight excluding hydrogens is 270 g/mol. The predicted octanol–water partition coefficient (Wildman–Crippen LogP) is 0.0818. The Morgan fingerprint density at radius 3 is 2.33 bits per heavy atom. The van der Waals surface area contributed by atoms with E-state index in [1.165, 1.54) is 0 Å². The summed E-state index contributed by atoms with van der Waals surface area (Å²) in [6.45, 7) is 7.00. The molecule has 6 nitrogen and oxygen atoms in total. The molecule has 2 amide bonds. The molecule has 0 unspecified atom stereocenters. The average molecular weight is 297 g/mol. The molecule has 2 aliphatic rings. The van der Waals surface area contributed by atoms with Gasteiger partial charge in [0.2, 0.25) is 5.91 Å². The number of hydrogen-bond donors (Lipinski definition) is 1. The zero-order valence-electron chi connectivity index (χ0n) is 13.6. The van der Waals surface area contributed by atoms with Gasteiger partial charge in [-0.3, -0.25) is 9.59 Å². The molecule has 0 aromatic heterocycles. The monoisotopic (exact) mass is 297 g/mol. The quantitative estimate of drug-likeness (QED) is 0.784. The number of hydrogen-bond acceptors (Lipinski definition) is 4. The Morgan fingerprint density at radius 1 is 1.14 bits per heavy atom. The standard InChI is InChI=1S/C15H27N3O3/c1-14(5-7-17(4)8-6-14)13(20)18-9-10-21-15(2,11-18)12(19)16-3/h5-11H2,1-4H3,(H,16,19)/t15-/m0/s1. The topological polar surface area (TPSA) is 61.9 Å². The second-order valence-corrected chi connectivity index (χ2v) is 6.75. The molecule has 1 N–H and O–H groups in total. The third-order valence-corrected chi connectivity index (χ3v) is 4.88. The molecule has 0 radical (unpaired) electrons. The van der Waals surface area contributed by atoms with Gasteiger partial charge in [0, 0.05) is 19.0 Å². The Hall–Kier alpha value is -1.14. The Labute approximate surface area is 126 Å². The second-order valence-electron chi connectivity index (χ2n) is 6.75. The van der Waals surface area contributed by atoms with Crippen molar-refractivity contribution in [2.75, 3.05) is 46.9 Å². The number of piperidine rings is 1. The van der Waals surface area contributed by atoms with Gasteiger partial charge in [0.25, 0.3) is 5.91 Å². The van der Waals surface area contributed by atoms with Crippen molar-refractivity contribution in [3.05, 3.63) is 0 Å². The molecule has 0 aromatic carbocycles. The lowest BCUT2D eigenvalue weighted by Gasteiger charge is -2.44. The van der Waals surface area contributed by atoms with E-state index in [0.29, 0.717) is 19.7 Å². The van der Waals surface area contributed by atoms with Gasteiger partial charge in [0.05, 0.1) is 13.2 Å². The first kappa shape index (κ1) is 16.2. The maximum atomic E-state index is 12.9. The van der Waals surface area contributed by atoms with E-state index in [1.807, 2.05) is 4.90 Å². The molecular formula is C15H27N3O3. The molecule has 2 saturated heterocycles. The molecule has 0 saturated carbocycles. The van der Waals surface area contributed by atoms with Crippen molar-refractivity contribution in [3.63, 3.8) is 0 Å². The molecule has 0 aromatic rings. The minimum absolute atomic E-state index is 0.161. The first-order valence-electron chi connectivity index (χ1n) is 7.65. The van der Waals surface area contributed by atoms with Crippen LogP contribution in [0.5, 0.6) is 0 Å². The van der Waals surface area contributed by atoms with Crippen molar-refractivity contribution in [3.8, 4) is 0 Å². The summed E-state index contributed by atoms with van der Waals surface area (Å²) in [7, 11) is 3.68. The van der Waals surface area contributed by atoms with Gasteiger partial charge < -0.3 is 19.9 Å². The molecule has 21 heavy (non-hydrogen) atoms. The van der Waals surface area contributed by atoms with E-state index in [-0.39, 0.29) is 17.2 Å². The maximum absolute atomic E-state index is 12.9. The number of likely N-dealkylation sites (N-methyl/N-ethyl adjacent to an activating group) is 1. The van der Waals surface area contributed by atoms with Crippen molar-refractivity contribution >= 4 is 11.8 Å². The highest BCUT2D eigenvalue weighted by Gasteiger charge is 2.45. The van der Waals surface area contributed by atoms with E-state index in [0.717, 1.165) is 25.9 Å². The number of carbonyl (C=O) groups excluding carboxylic acids is 2. The number of rotatable bonds is 2. The van der Waals surface area contributed by atoms with E-state index in [2.05, 4.69) is 24.2 Å². The summed E-state index contributed by atoms with van der Waals surface area (Å²) in [6, 6.07) is 0. The largest absolute Gasteiger partial charge is 0.362 e. The van der Waals surface area contributed by atoms with E-state index >= 15 is 0 Å². The van der Waals surface area contributed by atoms with Crippen LogP contribution in [0, 0.1) is 5.41 Å². The third-order valence-electron chi connectivity index (χ3n) is 4.88. The summed E-state index contributed by atoms with van der Waals surface area (Å²) in [6.07, 6.45) is 1.74. The van der Waals surface area contributed by atoms with Crippen LogP contribution in [0.1, 0.15) is 26.7 Å². The first-order valence-corrected chi connectivity index (χ1v) is 7.65. The first-order chi connectivity index (χ1) is 9.81. The van der Waals surface area contributed by atoms with Gasteiger partial charge in [0.15, 0.2) is 5.60 Å². The van der Waals surface area contributed by atoms with Gasteiger partial charge in [-0.2, -0.15) is 0 Å². The highest BCUT2D eigenvalue weighted by atomic mass is 16.5. The fourth-order valence-electron chi connectivity index (χ4n) is 3.15. The van der Waals surface area contributed by atoms with Gasteiger partial charge in [-0.05, 0) is 39.9 Å². The number of nitrogens with one attached hydrogen (secondary N) is 1. The second kappa shape index (κ2) is 5.93. The Bertz CT molecular complexity index is 418. The molecule has 2 aliphatic heterocycles. The Balaban J connectivity index is 2.07. The smallest absolute Gasteiger partial charge is 0.253 e. The van der Waals surface area contributed by atoms with Crippen molar-refractivity contribution < 1.29 is 14.3 Å². The molecule has 2 heterocycles. The summed E-state index contributed by atoms with van der Waals surface area (Å²) >= 11 is 0. The van der Waals surface area contributed by atoms with Crippen LogP contribution in [-0.2, 0) is 14.3 Å². The Morgan fingerprint density at radius 2 is 1.76 bits per heavy atom. The van der Waals surface area contributed by atoms with Crippen LogP contribution in [0.15, 0.2) is 0 Å². The van der Waals surface area contributed by atoms with Gasteiger partial charge in [-0.1, -0.05) is 6.92 Å².